The van der Waals surface area contributed by atoms with Gasteiger partial charge >= 0.3 is 0 Å². The summed E-state index contributed by atoms with van der Waals surface area (Å²) in [5.41, 5.74) is 6.12. The lowest BCUT2D eigenvalue weighted by atomic mass is 10.3. The van der Waals surface area contributed by atoms with Gasteiger partial charge in [0.05, 0.1) is 5.75 Å². The van der Waals surface area contributed by atoms with Crippen LogP contribution in [-0.4, -0.2) is 49.1 Å². The van der Waals surface area contributed by atoms with Crippen LogP contribution in [0.5, 0.6) is 0 Å². The minimum Gasteiger partial charge on any atom is -0.389 e. The highest BCUT2D eigenvalue weighted by molar-refractivity contribution is 7.89. The second kappa shape index (κ2) is 6.07. The van der Waals surface area contributed by atoms with Gasteiger partial charge in [-0.3, -0.25) is 0 Å². The number of rotatable bonds is 6. The third-order valence-corrected chi connectivity index (χ3v) is 4.34. The zero-order chi connectivity index (χ0) is 13.8. The van der Waals surface area contributed by atoms with Crippen LogP contribution in [-0.2, 0) is 10.0 Å². The van der Waals surface area contributed by atoms with Gasteiger partial charge < -0.3 is 11.1 Å². The summed E-state index contributed by atoms with van der Waals surface area (Å²) in [5, 5.41) is 2.92. The van der Waals surface area contributed by atoms with Gasteiger partial charge in [-0.1, -0.05) is 12.2 Å². The number of nitrogens with one attached hydrogen (secondary N) is 1. The Morgan fingerprint density at radius 1 is 1.50 bits per heavy atom. The summed E-state index contributed by atoms with van der Waals surface area (Å²) >= 11 is 4.80. The van der Waals surface area contributed by atoms with Crippen molar-refractivity contribution in [2.24, 2.45) is 5.73 Å². The minimum atomic E-state index is -3.19. The highest BCUT2D eigenvalue weighted by Crippen LogP contribution is 2.05. The van der Waals surface area contributed by atoms with E-state index in [1.54, 1.807) is 18.3 Å². The molecule has 0 amide bonds. The summed E-state index contributed by atoms with van der Waals surface area (Å²) in [6, 6.07) is 3.44. The van der Waals surface area contributed by atoms with Crippen LogP contribution in [0.1, 0.15) is 5.56 Å². The van der Waals surface area contributed by atoms with E-state index in [1.165, 1.54) is 18.4 Å². The molecule has 1 aromatic rings. The van der Waals surface area contributed by atoms with Crippen LogP contribution in [0.25, 0.3) is 0 Å². The zero-order valence-corrected chi connectivity index (χ0v) is 11.9. The molecule has 18 heavy (non-hydrogen) atoms. The SMILES string of the molecule is CN(C)S(=O)(=O)CCNc1ccc(C(N)=S)cn1. The predicted molar refractivity (Wildman–Crippen MR) is 76.1 cm³/mol. The molecule has 0 spiro atoms. The number of hydrogen-bond donors (Lipinski definition) is 2. The largest absolute Gasteiger partial charge is 0.389 e. The molecule has 0 aliphatic carbocycles. The van der Waals surface area contributed by atoms with Crippen molar-refractivity contribution in [1.29, 1.82) is 0 Å². The number of hydrogen-bond acceptors (Lipinski definition) is 5. The third kappa shape index (κ3) is 4.21. The van der Waals surface area contributed by atoms with Crippen molar-refractivity contribution in [2.75, 3.05) is 31.7 Å². The Balaban J connectivity index is 2.52. The number of nitrogens with zero attached hydrogens (tertiary/aromatic N) is 2. The molecule has 3 N–H and O–H groups in total. The van der Waals surface area contributed by atoms with Gasteiger partial charge in [-0.2, -0.15) is 0 Å². The number of sulfonamides is 1. The molecule has 100 valence electrons. The molecule has 6 nitrogen and oxygen atoms in total. The molecule has 0 bridgehead atoms. The fourth-order valence-electron chi connectivity index (χ4n) is 1.13. The number of anilines is 1. The maximum absolute atomic E-state index is 11.5. The summed E-state index contributed by atoms with van der Waals surface area (Å²) in [4.78, 5) is 4.36. The van der Waals surface area contributed by atoms with Crippen LogP contribution >= 0.6 is 12.2 Å². The summed E-state index contributed by atoms with van der Waals surface area (Å²) in [6.07, 6.45) is 1.55. The molecule has 0 atom stereocenters. The number of nitrogens with two attached hydrogens (primary N) is 1. The van der Waals surface area contributed by atoms with E-state index in [9.17, 15) is 8.42 Å². The first-order chi connectivity index (χ1) is 8.33. The van der Waals surface area contributed by atoms with Crippen LogP contribution < -0.4 is 11.1 Å². The molecular weight excluding hydrogens is 272 g/mol. The lowest BCUT2D eigenvalue weighted by Crippen LogP contribution is -2.28. The van der Waals surface area contributed by atoms with E-state index >= 15 is 0 Å². The van der Waals surface area contributed by atoms with E-state index in [0.717, 1.165) is 0 Å². The van der Waals surface area contributed by atoms with Gasteiger partial charge in [-0.15, -0.1) is 0 Å². The lowest BCUT2D eigenvalue weighted by Gasteiger charge is -2.11. The lowest BCUT2D eigenvalue weighted by molar-refractivity contribution is 0.521. The quantitative estimate of drug-likeness (QED) is 0.717. The molecule has 0 aliphatic rings. The minimum absolute atomic E-state index is 0.0126. The molecule has 1 heterocycles. The van der Waals surface area contributed by atoms with Crippen LogP contribution in [0.4, 0.5) is 5.82 Å². The molecular formula is C10H16N4O2S2. The van der Waals surface area contributed by atoms with Gasteiger partial charge in [0.1, 0.15) is 10.8 Å². The van der Waals surface area contributed by atoms with E-state index in [1.807, 2.05) is 0 Å². The van der Waals surface area contributed by atoms with Gasteiger partial charge in [0.25, 0.3) is 0 Å². The van der Waals surface area contributed by atoms with Crippen molar-refractivity contribution in [3.8, 4) is 0 Å². The Labute approximate surface area is 112 Å². The smallest absolute Gasteiger partial charge is 0.215 e. The Morgan fingerprint density at radius 2 is 2.17 bits per heavy atom. The third-order valence-electron chi connectivity index (χ3n) is 2.27. The van der Waals surface area contributed by atoms with Gasteiger partial charge in [0, 0.05) is 32.4 Å². The van der Waals surface area contributed by atoms with Crippen molar-refractivity contribution in [2.45, 2.75) is 0 Å². The van der Waals surface area contributed by atoms with Gasteiger partial charge in [-0.25, -0.2) is 17.7 Å². The maximum Gasteiger partial charge on any atom is 0.215 e. The van der Waals surface area contributed by atoms with Gasteiger partial charge in [0.2, 0.25) is 10.0 Å². The first kappa shape index (κ1) is 14.8. The highest BCUT2D eigenvalue weighted by atomic mass is 32.2. The Bertz CT molecular complexity index is 511. The van der Waals surface area contributed by atoms with Crippen molar-refractivity contribution >= 4 is 33.0 Å². The number of thiocarbonyl (C=S) groups is 1. The van der Waals surface area contributed by atoms with Crippen LogP contribution in [0, 0.1) is 0 Å². The zero-order valence-electron chi connectivity index (χ0n) is 10.3. The Morgan fingerprint density at radius 3 is 2.61 bits per heavy atom. The van der Waals surface area contributed by atoms with E-state index in [-0.39, 0.29) is 10.7 Å². The Kier molecular flexibility index (Phi) is 5.00. The van der Waals surface area contributed by atoms with Gasteiger partial charge in [-0.05, 0) is 12.1 Å². The van der Waals surface area contributed by atoms with Crippen molar-refractivity contribution in [3.63, 3.8) is 0 Å². The van der Waals surface area contributed by atoms with E-state index in [2.05, 4.69) is 10.3 Å². The van der Waals surface area contributed by atoms with E-state index in [4.69, 9.17) is 18.0 Å². The van der Waals surface area contributed by atoms with Crippen LogP contribution in [0.2, 0.25) is 0 Å². The average Bonchev–Trinajstić information content (AvgIpc) is 2.29. The molecule has 1 rings (SSSR count). The van der Waals surface area contributed by atoms with Crippen molar-refractivity contribution in [1.82, 2.24) is 9.29 Å². The molecule has 0 saturated carbocycles. The number of aromatic nitrogens is 1. The van der Waals surface area contributed by atoms with E-state index < -0.39 is 10.0 Å². The van der Waals surface area contributed by atoms with E-state index in [0.29, 0.717) is 17.9 Å². The molecule has 1 aromatic heterocycles. The summed E-state index contributed by atoms with van der Waals surface area (Å²) in [6.45, 7) is 0.292. The standard InChI is InChI=1S/C10H16N4O2S2/c1-14(2)18(15,16)6-5-12-9-4-3-8(7-13-9)10(11)17/h3-4,7H,5-6H2,1-2H3,(H2,11,17)(H,12,13). The fraction of sp³-hybridized carbons (Fsp3) is 0.400. The monoisotopic (exact) mass is 288 g/mol. The summed E-state index contributed by atoms with van der Waals surface area (Å²) in [7, 11) is -0.179. The molecule has 0 unspecified atom stereocenters. The predicted octanol–water partition coefficient (Wildman–Crippen LogP) is 0.0191. The van der Waals surface area contributed by atoms with Crippen molar-refractivity contribution in [3.05, 3.63) is 23.9 Å². The maximum atomic E-state index is 11.5. The fourth-order valence-corrected chi connectivity index (χ4v) is 1.98. The van der Waals surface area contributed by atoms with Crippen LogP contribution in [0.15, 0.2) is 18.3 Å². The van der Waals surface area contributed by atoms with Gasteiger partial charge in [0.15, 0.2) is 0 Å². The summed E-state index contributed by atoms with van der Waals surface area (Å²) < 4.78 is 24.2. The number of pyridine rings is 1. The second-order valence-electron chi connectivity index (χ2n) is 3.82. The average molecular weight is 288 g/mol. The van der Waals surface area contributed by atoms with Crippen molar-refractivity contribution < 1.29 is 8.42 Å². The molecule has 0 radical (unpaired) electrons. The Hall–Kier alpha value is -1.25. The summed E-state index contributed by atoms with van der Waals surface area (Å²) in [5.74, 6) is 0.600. The van der Waals surface area contributed by atoms with Crippen LogP contribution in [0.3, 0.4) is 0 Å². The normalized spacial score (nSPS) is 11.5. The second-order valence-corrected chi connectivity index (χ2v) is 6.56. The first-order valence-corrected chi connectivity index (χ1v) is 7.24. The molecule has 8 heteroatoms. The highest BCUT2D eigenvalue weighted by Gasteiger charge is 2.12. The molecule has 0 aliphatic heterocycles. The first-order valence-electron chi connectivity index (χ1n) is 5.23. The molecule has 0 fully saturated rings. The molecule has 0 aromatic carbocycles. The molecule has 0 saturated heterocycles. The topological polar surface area (TPSA) is 88.3 Å².